The van der Waals surface area contributed by atoms with Crippen molar-refractivity contribution in [3.63, 3.8) is 0 Å². The molecule has 0 spiro atoms. The van der Waals surface area contributed by atoms with Crippen LogP contribution in [0.4, 0.5) is 0 Å². The van der Waals surface area contributed by atoms with Gasteiger partial charge in [-0.25, -0.2) is 0 Å². The lowest BCUT2D eigenvalue weighted by molar-refractivity contribution is 0.0947. The second kappa shape index (κ2) is 4.63. The van der Waals surface area contributed by atoms with E-state index in [1.54, 1.807) is 0 Å². The maximum atomic E-state index is 12.7. The summed E-state index contributed by atoms with van der Waals surface area (Å²) in [6.45, 7) is 0. The lowest BCUT2D eigenvalue weighted by Gasteiger charge is -2.20. The summed E-state index contributed by atoms with van der Waals surface area (Å²) in [5, 5.41) is 4.32. The van der Waals surface area contributed by atoms with Crippen LogP contribution in [0.15, 0.2) is 60.8 Å². The zero-order chi connectivity index (χ0) is 14.2. The molecule has 0 fully saturated rings. The predicted octanol–water partition coefficient (Wildman–Crippen LogP) is 3.67. The molecule has 2 heterocycles. The van der Waals surface area contributed by atoms with E-state index in [2.05, 4.69) is 16.4 Å². The van der Waals surface area contributed by atoms with Gasteiger partial charge in [0.15, 0.2) is 5.78 Å². The molecule has 1 atom stereocenters. The van der Waals surface area contributed by atoms with Gasteiger partial charge in [0.2, 0.25) is 0 Å². The second-order valence-corrected chi connectivity index (χ2v) is 5.16. The maximum absolute atomic E-state index is 12.7. The second-order valence-electron chi connectivity index (χ2n) is 5.16. The fourth-order valence-electron chi connectivity index (χ4n) is 2.88. The quantitative estimate of drug-likeness (QED) is 0.700. The Morgan fingerprint density at radius 2 is 1.71 bits per heavy atom. The van der Waals surface area contributed by atoms with Gasteiger partial charge in [-0.05, 0) is 18.3 Å². The van der Waals surface area contributed by atoms with Gasteiger partial charge in [0.1, 0.15) is 6.04 Å². The summed E-state index contributed by atoms with van der Waals surface area (Å²) in [4.78, 5) is 16.1. The molecule has 4 rings (SSSR count). The number of rotatable bonds is 2. The molecule has 0 bridgehead atoms. The summed E-state index contributed by atoms with van der Waals surface area (Å²) in [7, 11) is 0. The average Bonchev–Trinajstić information content (AvgIpc) is 2.94. The first kappa shape index (κ1) is 12.0. The molecule has 0 radical (unpaired) electrons. The Kier molecular flexibility index (Phi) is 2.64. The molecule has 1 aliphatic heterocycles. The molecular weight excluding hydrogens is 260 g/mol. The number of aromatic nitrogens is 1. The third-order valence-electron chi connectivity index (χ3n) is 3.90. The van der Waals surface area contributed by atoms with Crippen molar-refractivity contribution in [3.05, 3.63) is 77.6 Å². The van der Waals surface area contributed by atoms with Gasteiger partial charge in [0.25, 0.3) is 0 Å². The van der Waals surface area contributed by atoms with Gasteiger partial charge in [-0.2, -0.15) is 0 Å². The number of fused-ring (bicyclic) bond motifs is 3. The van der Waals surface area contributed by atoms with Crippen LogP contribution in [0.25, 0.3) is 17.0 Å². The van der Waals surface area contributed by atoms with Gasteiger partial charge in [-0.1, -0.05) is 48.5 Å². The minimum absolute atomic E-state index is 0.0766. The van der Waals surface area contributed by atoms with E-state index in [0.29, 0.717) is 0 Å². The van der Waals surface area contributed by atoms with E-state index < -0.39 is 0 Å². The van der Waals surface area contributed by atoms with Crippen molar-refractivity contribution in [1.82, 2.24) is 10.3 Å². The van der Waals surface area contributed by atoms with Crippen molar-refractivity contribution in [1.29, 1.82) is 0 Å². The molecule has 102 valence electrons. The fourth-order valence-corrected chi connectivity index (χ4v) is 2.88. The van der Waals surface area contributed by atoms with Gasteiger partial charge in [-0.3, -0.25) is 4.79 Å². The number of carbonyl (C=O) groups excluding carboxylic acids is 1. The monoisotopic (exact) mass is 274 g/mol. The number of hydrogen-bond acceptors (Lipinski definition) is 2. The van der Waals surface area contributed by atoms with Crippen LogP contribution in [0.5, 0.6) is 0 Å². The highest BCUT2D eigenvalue weighted by atomic mass is 16.1. The highest BCUT2D eigenvalue weighted by Gasteiger charge is 2.27. The van der Waals surface area contributed by atoms with Crippen LogP contribution in [0, 0.1) is 0 Å². The summed E-state index contributed by atoms with van der Waals surface area (Å²) < 4.78 is 0. The minimum Gasteiger partial charge on any atom is -0.376 e. The van der Waals surface area contributed by atoms with E-state index in [9.17, 15) is 4.79 Å². The Bertz CT molecular complexity index is 846. The Balaban J connectivity index is 1.84. The fraction of sp³-hybridized carbons (Fsp3) is 0.0556. The molecule has 21 heavy (non-hydrogen) atoms. The Hall–Kier alpha value is -2.81. The van der Waals surface area contributed by atoms with Crippen molar-refractivity contribution in [2.24, 2.45) is 0 Å². The Labute approximate surface area is 122 Å². The van der Waals surface area contributed by atoms with Crippen molar-refractivity contribution in [3.8, 4) is 0 Å². The lowest BCUT2D eigenvalue weighted by Crippen LogP contribution is -2.27. The van der Waals surface area contributed by atoms with Gasteiger partial charge >= 0.3 is 0 Å². The van der Waals surface area contributed by atoms with E-state index in [0.717, 1.165) is 27.7 Å². The first-order valence-electron chi connectivity index (χ1n) is 6.97. The molecule has 3 heteroatoms. The highest BCUT2D eigenvalue weighted by molar-refractivity contribution is 6.03. The van der Waals surface area contributed by atoms with Gasteiger partial charge in [-0.15, -0.1) is 0 Å². The van der Waals surface area contributed by atoms with Gasteiger partial charge in [0, 0.05) is 22.0 Å². The number of Topliss-reactive ketones (excluding diaryl/α,β-unsaturated/α-hetero) is 1. The van der Waals surface area contributed by atoms with Crippen LogP contribution in [-0.4, -0.2) is 10.8 Å². The molecule has 0 saturated carbocycles. The molecule has 2 N–H and O–H groups in total. The van der Waals surface area contributed by atoms with Crippen LogP contribution in [0.1, 0.15) is 27.7 Å². The summed E-state index contributed by atoms with van der Waals surface area (Å²) in [5.74, 6) is 0.0766. The number of benzene rings is 2. The number of ketones is 1. The molecule has 0 unspecified atom stereocenters. The Morgan fingerprint density at radius 1 is 0.952 bits per heavy atom. The Morgan fingerprint density at radius 3 is 2.57 bits per heavy atom. The van der Waals surface area contributed by atoms with E-state index in [4.69, 9.17) is 0 Å². The third kappa shape index (κ3) is 1.86. The normalized spacial score (nSPS) is 16.5. The van der Waals surface area contributed by atoms with Crippen LogP contribution in [0.3, 0.4) is 0 Å². The number of aromatic amines is 1. The molecule has 3 aromatic rings. The van der Waals surface area contributed by atoms with E-state index in [1.807, 2.05) is 60.8 Å². The van der Waals surface area contributed by atoms with Crippen LogP contribution in [-0.2, 0) is 0 Å². The molecule has 0 amide bonds. The molecule has 0 aliphatic carbocycles. The summed E-state index contributed by atoms with van der Waals surface area (Å²) in [5.41, 5.74) is 3.81. The maximum Gasteiger partial charge on any atom is 0.191 e. The smallest absolute Gasteiger partial charge is 0.191 e. The minimum atomic E-state index is -0.361. The topological polar surface area (TPSA) is 44.9 Å². The largest absolute Gasteiger partial charge is 0.376 e. The van der Waals surface area contributed by atoms with E-state index >= 15 is 0 Å². The van der Waals surface area contributed by atoms with Crippen LogP contribution >= 0.6 is 0 Å². The van der Waals surface area contributed by atoms with Crippen molar-refractivity contribution >= 4 is 22.8 Å². The molecule has 2 aromatic carbocycles. The average molecular weight is 274 g/mol. The molecule has 3 nitrogen and oxygen atoms in total. The SMILES string of the molecule is O=C(c1ccccc1)[C@@H]1NC=Cc2c1[nH]c1ccccc21. The van der Waals surface area contributed by atoms with Gasteiger partial charge in [0.05, 0.1) is 5.69 Å². The number of H-pyrrole nitrogens is 1. The van der Waals surface area contributed by atoms with Gasteiger partial charge < -0.3 is 10.3 Å². The van der Waals surface area contributed by atoms with Crippen LogP contribution in [0.2, 0.25) is 0 Å². The molecule has 1 aromatic heterocycles. The highest BCUT2D eigenvalue weighted by Crippen LogP contribution is 2.32. The van der Waals surface area contributed by atoms with Crippen molar-refractivity contribution in [2.75, 3.05) is 0 Å². The number of carbonyl (C=O) groups is 1. The summed E-state index contributed by atoms with van der Waals surface area (Å²) in [6.07, 6.45) is 3.87. The molecule has 1 aliphatic rings. The summed E-state index contributed by atoms with van der Waals surface area (Å²) in [6, 6.07) is 17.1. The van der Waals surface area contributed by atoms with E-state index in [1.165, 1.54) is 0 Å². The van der Waals surface area contributed by atoms with E-state index in [-0.39, 0.29) is 11.8 Å². The number of nitrogens with one attached hydrogen (secondary N) is 2. The number of hydrogen-bond donors (Lipinski definition) is 2. The summed E-state index contributed by atoms with van der Waals surface area (Å²) >= 11 is 0. The first-order valence-corrected chi connectivity index (χ1v) is 6.97. The van der Waals surface area contributed by atoms with Crippen molar-refractivity contribution < 1.29 is 4.79 Å². The third-order valence-corrected chi connectivity index (χ3v) is 3.90. The van der Waals surface area contributed by atoms with Crippen molar-refractivity contribution in [2.45, 2.75) is 6.04 Å². The zero-order valence-corrected chi connectivity index (χ0v) is 11.3. The zero-order valence-electron chi connectivity index (χ0n) is 11.3. The predicted molar refractivity (Wildman–Crippen MR) is 84.0 cm³/mol. The van der Waals surface area contributed by atoms with Crippen LogP contribution < -0.4 is 5.32 Å². The first-order chi connectivity index (χ1) is 10.3. The molecular formula is C18H14N2O. The standard InChI is InChI=1S/C18H14N2O/c21-18(12-6-2-1-3-7-12)17-16-14(10-11-19-17)13-8-4-5-9-15(13)20-16/h1-11,17,19-20H/t17-/m1/s1. The lowest BCUT2D eigenvalue weighted by atomic mass is 9.96. The number of para-hydroxylation sites is 1. The molecule has 0 saturated heterocycles.